The molecule has 0 unspecified atom stereocenters. The van der Waals surface area contributed by atoms with Gasteiger partial charge in [-0.2, -0.15) is 0 Å². The van der Waals surface area contributed by atoms with E-state index in [1.54, 1.807) is 0 Å². The molecule has 58 heavy (non-hydrogen) atoms. The van der Waals surface area contributed by atoms with E-state index < -0.39 is 0 Å². The number of hydrogen-bond acceptors (Lipinski definition) is 4. The van der Waals surface area contributed by atoms with E-state index in [0.717, 1.165) is 89.1 Å². The third kappa shape index (κ3) is 5.96. The first-order valence-electron chi connectivity index (χ1n) is 19.5. The maximum atomic E-state index is 5.48. The highest BCUT2D eigenvalue weighted by atomic mass is 14.7. The van der Waals surface area contributed by atoms with E-state index in [9.17, 15) is 0 Å². The van der Waals surface area contributed by atoms with Crippen molar-refractivity contribution in [3.63, 3.8) is 0 Å². The Morgan fingerprint density at radius 1 is 0.293 bits per heavy atom. The van der Waals surface area contributed by atoms with Gasteiger partial charge in [-0.05, 0) is 87.3 Å². The van der Waals surface area contributed by atoms with Gasteiger partial charge in [0.25, 0.3) is 0 Å². The predicted octanol–water partition coefficient (Wildman–Crippen LogP) is 13.9. The van der Waals surface area contributed by atoms with E-state index in [0.29, 0.717) is 0 Å². The first-order chi connectivity index (χ1) is 28.7. The number of pyridine rings is 4. The first kappa shape index (κ1) is 33.5. The zero-order chi connectivity index (χ0) is 38.4. The van der Waals surface area contributed by atoms with Gasteiger partial charge in [0.05, 0.1) is 34.0 Å². The zero-order valence-corrected chi connectivity index (χ0v) is 31.4. The smallest absolute Gasteiger partial charge is 0.0788 e. The summed E-state index contributed by atoms with van der Waals surface area (Å²) in [6.07, 6.45) is 3.67. The topological polar surface area (TPSA) is 51.6 Å². The Balaban J connectivity index is 1.16. The lowest BCUT2D eigenvalue weighted by Crippen LogP contribution is -1.95. The van der Waals surface area contributed by atoms with E-state index in [1.165, 1.54) is 21.5 Å². The Bertz CT molecular complexity index is 3200. The Labute approximate surface area is 335 Å². The summed E-state index contributed by atoms with van der Waals surface area (Å²) in [5.41, 5.74) is 13.1. The third-order valence-electron chi connectivity index (χ3n) is 11.1. The number of aromatic nitrogens is 4. The maximum Gasteiger partial charge on any atom is 0.0788 e. The molecule has 0 spiro atoms. The van der Waals surface area contributed by atoms with Crippen molar-refractivity contribution in [2.24, 2.45) is 0 Å². The van der Waals surface area contributed by atoms with Gasteiger partial charge in [0.2, 0.25) is 0 Å². The van der Waals surface area contributed by atoms with Gasteiger partial charge in [0, 0.05) is 56.4 Å². The highest BCUT2D eigenvalue weighted by Gasteiger charge is 2.19. The number of nitrogens with zero attached hydrogens (tertiary/aromatic N) is 4. The van der Waals surface area contributed by atoms with Crippen LogP contribution in [-0.2, 0) is 0 Å². The standard InChI is InChI=1S/C54H34N4/c1-2-12-40-31-41(28-21-35(40)11-1)54-47-34-46(43-13-3-4-14-44(43)53(47)45-15-5-6-18-50(45)58-54)52-33-42(36-19-22-37(23-20-36)48-16-7-9-29-55-48)32-51(57-52)39-26-24-38(25-27-39)49-17-8-10-30-56-49/h1-34H. The SMILES string of the molecule is c1ccc(-c2ccc(-c3cc(-c4ccc(-c5ccccn5)cc4)nc(-c4cc5c(-c6ccc7ccccc7c6)nc6ccccc6c5c5ccccc45)c3)cc2)nc1. The monoisotopic (exact) mass is 738 g/mol. The van der Waals surface area contributed by atoms with E-state index >= 15 is 0 Å². The fraction of sp³-hybridized carbons (Fsp3) is 0. The summed E-state index contributed by atoms with van der Waals surface area (Å²) in [6, 6.07) is 68.4. The number of hydrogen-bond donors (Lipinski definition) is 0. The van der Waals surface area contributed by atoms with Crippen molar-refractivity contribution in [2.45, 2.75) is 0 Å². The van der Waals surface area contributed by atoms with Crippen LogP contribution < -0.4 is 0 Å². The summed E-state index contributed by atoms with van der Waals surface area (Å²) in [5, 5.41) is 8.12. The van der Waals surface area contributed by atoms with Crippen molar-refractivity contribution in [1.82, 2.24) is 19.9 Å². The summed E-state index contributed by atoms with van der Waals surface area (Å²) in [5.74, 6) is 0. The van der Waals surface area contributed by atoms with E-state index in [4.69, 9.17) is 9.97 Å². The van der Waals surface area contributed by atoms with E-state index in [2.05, 4.69) is 168 Å². The molecule has 0 atom stereocenters. The summed E-state index contributed by atoms with van der Waals surface area (Å²) >= 11 is 0. The quantitative estimate of drug-likeness (QED) is 0.159. The van der Waals surface area contributed by atoms with Gasteiger partial charge in [0.15, 0.2) is 0 Å². The second-order valence-corrected chi connectivity index (χ2v) is 14.6. The summed E-state index contributed by atoms with van der Waals surface area (Å²) < 4.78 is 0. The molecule has 0 amide bonds. The number of benzene rings is 7. The molecule has 0 aliphatic heterocycles. The fourth-order valence-electron chi connectivity index (χ4n) is 8.28. The van der Waals surface area contributed by atoms with Crippen LogP contribution >= 0.6 is 0 Å². The van der Waals surface area contributed by atoms with Crippen LogP contribution in [0.5, 0.6) is 0 Å². The first-order valence-corrected chi connectivity index (χ1v) is 19.5. The molecule has 0 saturated heterocycles. The van der Waals surface area contributed by atoms with Gasteiger partial charge in [-0.25, -0.2) is 9.97 Å². The van der Waals surface area contributed by atoms with Crippen molar-refractivity contribution in [2.75, 3.05) is 0 Å². The molecule has 4 heteroatoms. The van der Waals surface area contributed by atoms with E-state index in [1.807, 2.05) is 48.8 Å². The molecule has 7 aromatic carbocycles. The molecule has 4 aromatic heterocycles. The van der Waals surface area contributed by atoms with Crippen LogP contribution in [0.15, 0.2) is 207 Å². The Morgan fingerprint density at radius 2 is 0.845 bits per heavy atom. The molecule has 4 nitrogen and oxygen atoms in total. The molecule has 0 aliphatic rings. The van der Waals surface area contributed by atoms with Crippen LogP contribution in [0.25, 0.3) is 111 Å². The number of fused-ring (bicyclic) bond motifs is 6. The lowest BCUT2D eigenvalue weighted by molar-refractivity contribution is 1.31. The zero-order valence-electron chi connectivity index (χ0n) is 31.4. The van der Waals surface area contributed by atoms with Crippen molar-refractivity contribution >= 4 is 43.2 Å². The van der Waals surface area contributed by atoms with Gasteiger partial charge in [-0.1, -0.05) is 140 Å². The minimum Gasteiger partial charge on any atom is -0.256 e. The van der Waals surface area contributed by atoms with Gasteiger partial charge in [0.1, 0.15) is 0 Å². The van der Waals surface area contributed by atoms with Crippen molar-refractivity contribution in [3.8, 4) is 67.4 Å². The molecule has 0 N–H and O–H groups in total. The molecule has 11 rings (SSSR count). The lowest BCUT2D eigenvalue weighted by atomic mass is 9.90. The van der Waals surface area contributed by atoms with E-state index in [-0.39, 0.29) is 0 Å². The van der Waals surface area contributed by atoms with Crippen LogP contribution in [0.3, 0.4) is 0 Å². The summed E-state index contributed by atoms with van der Waals surface area (Å²) in [6.45, 7) is 0. The van der Waals surface area contributed by atoms with Gasteiger partial charge < -0.3 is 0 Å². The molecule has 11 aromatic rings. The summed E-state index contributed by atoms with van der Waals surface area (Å²) in [4.78, 5) is 20.0. The average molecular weight is 739 g/mol. The highest BCUT2D eigenvalue weighted by molar-refractivity contribution is 6.25. The van der Waals surface area contributed by atoms with Crippen LogP contribution in [-0.4, -0.2) is 19.9 Å². The highest BCUT2D eigenvalue weighted by Crippen LogP contribution is 2.43. The maximum absolute atomic E-state index is 5.48. The Hall–Kier alpha value is -7.82. The molecule has 0 radical (unpaired) electrons. The molecular formula is C54H34N4. The Kier molecular flexibility index (Phi) is 8.11. The molecule has 0 fully saturated rings. The second-order valence-electron chi connectivity index (χ2n) is 14.6. The van der Waals surface area contributed by atoms with Crippen LogP contribution in [0, 0.1) is 0 Å². The minimum atomic E-state index is 0.893. The number of para-hydroxylation sites is 1. The lowest BCUT2D eigenvalue weighted by Gasteiger charge is -2.17. The third-order valence-corrected chi connectivity index (χ3v) is 11.1. The normalized spacial score (nSPS) is 11.4. The fourth-order valence-corrected chi connectivity index (χ4v) is 8.28. The van der Waals surface area contributed by atoms with Crippen LogP contribution in [0.1, 0.15) is 0 Å². The van der Waals surface area contributed by atoms with Crippen molar-refractivity contribution in [3.05, 3.63) is 207 Å². The average Bonchev–Trinajstić information content (AvgIpc) is 3.31. The van der Waals surface area contributed by atoms with Crippen molar-refractivity contribution in [1.29, 1.82) is 0 Å². The second kappa shape index (κ2) is 14.0. The molecule has 0 aliphatic carbocycles. The molecular weight excluding hydrogens is 705 g/mol. The predicted molar refractivity (Wildman–Crippen MR) is 240 cm³/mol. The van der Waals surface area contributed by atoms with Crippen LogP contribution in [0.4, 0.5) is 0 Å². The van der Waals surface area contributed by atoms with Crippen LogP contribution in [0.2, 0.25) is 0 Å². The van der Waals surface area contributed by atoms with Gasteiger partial charge in [-0.15, -0.1) is 0 Å². The van der Waals surface area contributed by atoms with Crippen molar-refractivity contribution < 1.29 is 0 Å². The molecule has 4 heterocycles. The van der Waals surface area contributed by atoms with Gasteiger partial charge >= 0.3 is 0 Å². The molecule has 0 saturated carbocycles. The largest absolute Gasteiger partial charge is 0.256 e. The van der Waals surface area contributed by atoms with Gasteiger partial charge in [-0.3, -0.25) is 9.97 Å². The summed E-state index contributed by atoms with van der Waals surface area (Å²) in [7, 11) is 0. The molecule has 0 bridgehead atoms. The Morgan fingerprint density at radius 3 is 1.53 bits per heavy atom. The minimum absolute atomic E-state index is 0.893. The molecule has 270 valence electrons. The number of rotatable bonds is 6.